The second-order valence-corrected chi connectivity index (χ2v) is 15.9. The van der Waals surface area contributed by atoms with Crippen LogP contribution in [-0.4, -0.2) is 83.2 Å². The second kappa shape index (κ2) is 23.4. The van der Waals surface area contributed by atoms with Gasteiger partial charge in [-0.25, -0.2) is 19.6 Å². The number of aromatic nitrogens is 4. The van der Waals surface area contributed by atoms with E-state index in [0.29, 0.717) is 31.2 Å². The topological polar surface area (TPSA) is 211 Å². The monoisotopic (exact) mass is 834 g/mol. The molecule has 14 nitrogen and oxygen atoms in total. The highest BCUT2D eigenvalue weighted by Gasteiger charge is 2.12. The maximum absolute atomic E-state index is 12.2. The van der Waals surface area contributed by atoms with Crippen molar-refractivity contribution in [1.82, 2.24) is 30.2 Å². The molecule has 4 amide bonds. The van der Waals surface area contributed by atoms with Crippen LogP contribution in [0.5, 0.6) is 0 Å². The lowest BCUT2D eigenvalue weighted by Gasteiger charge is -2.18. The molecule has 0 aliphatic rings. The number of H-pyrrole nitrogens is 2. The number of hydrogen-bond donors (Lipinski definition) is 5. The molecule has 0 aliphatic carbocycles. The van der Waals surface area contributed by atoms with Gasteiger partial charge in [0, 0.05) is 45.8 Å². The number of carbonyl (C=O) groups excluding carboxylic acids is 4. The summed E-state index contributed by atoms with van der Waals surface area (Å²) in [4.78, 5) is 61.4. The number of ether oxygens (including phenoxy) is 2. The summed E-state index contributed by atoms with van der Waals surface area (Å²) in [6.45, 7) is 9.78. The molecule has 0 aliphatic heterocycles. The Morgan fingerprint density at radius 3 is 1.51 bits per heavy atom. The Bertz CT molecular complexity index is 2370. The van der Waals surface area contributed by atoms with Crippen LogP contribution >= 0.6 is 0 Å². The molecule has 4 aromatic carbocycles. The molecule has 2 aromatic heterocycles. The molecule has 2 heterocycles. The first-order valence-corrected chi connectivity index (χ1v) is 20.8. The van der Waals surface area contributed by atoms with Crippen LogP contribution in [0.1, 0.15) is 77.9 Å². The molecule has 7 N–H and O–H groups in total. The molecule has 0 bridgehead atoms. The molecular formula is C47H62N8O6. The zero-order chi connectivity index (χ0) is 44.5. The van der Waals surface area contributed by atoms with Gasteiger partial charge in [0.1, 0.15) is 11.6 Å². The van der Waals surface area contributed by atoms with E-state index in [4.69, 9.17) is 9.97 Å². The smallest absolute Gasteiger partial charge is 0.404 e. The summed E-state index contributed by atoms with van der Waals surface area (Å²) in [5.74, 6) is 3.11. The molecule has 0 atom stereocenters. The molecule has 61 heavy (non-hydrogen) atoms. The van der Waals surface area contributed by atoms with Gasteiger partial charge in [-0.05, 0) is 107 Å². The van der Waals surface area contributed by atoms with E-state index in [1.54, 1.807) is 0 Å². The van der Waals surface area contributed by atoms with Gasteiger partial charge in [-0.15, -0.1) is 0 Å². The molecule has 0 saturated heterocycles. The van der Waals surface area contributed by atoms with E-state index in [1.807, 2.05) is 11.9 Å². The van der Waals surface area contributed by atoms with Crippen molar-refractivity contribution in [2.75, 3.05) is 34.4 Å². The van der Waals surface area contributed by atoms with Gasteiger partial charge >= 0.3 is 12.2 Å². The highest BCUT2D eigenvalue weighted by molar-refractivity contribution is 5.93. The van der Waals surface area contributed by atoms with Crippen molar-refractivity contribution in [3.05, 3.63) is 84.4 Å². The van der Waals surface area contributed by atoms with Gasteiger partial charge < -0.3 is 41.1 Å². The molecule has 0 spiro atoms. The summed E-state index contributed by atoms with van der Waals surface area (Å²) in [7, 11) is 4.35. The summed E-state index contributed by atoms with van der Waals surface area (Å²) >= 11 is 0. The minimum atomic E-state index is -0.745. The molecule has 14 heteroatoms. The summed E-state index contributed by atoms with van der Waals surface area (Å²) in [5.41, 5.74) is 17.6. The minimum absolute atomic E-state index is 0.136. The summed E-state index contributed by atoms with van der Waals surface area (Å²) < 4.78 is 7.78. The predicted octanol–water partition coefficient (Wildman–Crippen LogP) is 8.66. The van der Waals surface area contributed by atoms with Gasteiger partial charge in [-0.3, -0.25) is 9.59 Å². The molecule has 6 rings (SSSR count). The number of nitrogens with zero attached hydrogens (tertiary/aromatic N) is 3. The van der Waals surface area contributed by atoms with Crippen molar-refractivity contribution in [3.8, 4) is 22.3 Å². The maximum atomic E-state index is 12.2. The fourth-order valence-corrected chi connectivity index (χ4v) is 6.69. The number of rotatable bonds is 16. The van der Waals surface area contributed by atoms with Gasteiger partial charge in [0.05, 0.1) is 36.3 Å². The average molecular weight is 835 g/mol. The van der Waals surface area contributed by atoms with Gasteiger partial charge in [-0.1, -0.05) is 64.1 Å². The lowest BCUT2D eigenvalue weighted by molar-refractivity contribution is -0.130. The van der Waals surface area contributed by atoms with Crippen molar-refractivity contribution in [2.24, 2.45) is 23.3 Å². The van der Waals surface area contributed by atoms with Crippen LogP contribution in [0, 0.1) is 11.8 Å². The Kier molecular flexibility index (Phi) is 18.1. The average Bonchev–Trinajstić information content (AvgIpc) is 3.84. The quantitative estimate of drug-likeness (QED) is 0.0594. The summed E-state index contributed by atoms with van der Waals surface area (Å²) in [5, 5.41) is 5.41. The largest absolute Gasteiger partial charge is 0.453 e. The molecule has 0 unspecified atom stereocenters. The second-order valence-electron chi connectivity index (χ2n) is 15.9. The third kappa shape index (κ3) is 15.3. The number of fused-ring (bicyclic) bond motifs is 3. The molecule has 0 saturated carbocycles. The predicted molar refractivity (Wildman–Crippen MR) is 243 cm³/mol. The number of carbonyl (C=O) groups is 4. The van der Waals surface area contributed by atoms with Crippen molar-refractivity contribution in [3.63, 3.8) is 0 Å². The summed E-state index contributed by atoms with van der Waals surface area (Å²) in [6.07, 6.45) is 5.28. The maximum Gasteiger partial charge on any atom is 0.404 e. The number of aromatic amines is 2. The fourth-order valence-electron chi connectivity index (χ4n) is 6.69. The Hall–Kier alpha value is -6.44. The van der Waals surface area contributed by atoms with Crippen LogP contribution in [0.15, 0.2) is 72.8 Å². The van der Waals surface area contributed by atoms with Crippen molar-refractivity contribution >= 4 is 56.8 Å². The highest BCUT2D eigenvalue weighted by atomic mass is 16.5. The highest BCUT2D eigenvalue weighted by Crippen LogP contribution is 2.31. The lowest BCUT2D eigenvalue weighted by Crippen LogP contribution is -2.28. The van der Waals surface area contributed by atoms with E-state index >= 15 is 0 Å². The normalized spacial score (nSPS) is 10.9. The zero-order valence-corrected chi connectivity index (χ0v) is 36.6. The number of imidazole rings is 2. The van der Waals surface area contributed by atoms with E-state index in [2.05, 4.69) is 137 Å². The van der Waals surface area contributed by atoms with Crippen LogP contribution in [0.4, 0.5) is 9.59 Å². The first kappa shape index (κ1) is 47.2. The van der Waals surface area contributed by atoms with Crippen molar-refractivity contribution in [2.45, 2.75) is 79.1 Å². The van der Waals surface area contributed by atoms with E-state index in [1.165, 1.54) is 36.1 Å². The van der Waals surface area contributed by atoms with E-state index in [0.717, 1.165) is 89.9 Å². The Morgan fingerprint density at radius 1 is 0.639 bits per heavy atom. The van der Waals surface area contributed by atoms with E-state index in [-0.39, 0.29) is 11.8 Å². The number of nitrogens with one attached hydrogen (secondary N) is 3. The number of benzene rings is 4. The Balaban J connectivity index is 0.000000735. The van der Waals surface area contributed by atoms with Gasteiger partial charge in [0.25, 0.3) is 0 Å². The molecule has 0 fully saturated rings. The first-order valence-electron chi connectivity index (χ1n) is 20.8. The number of primary amides is 2. The Morgan fingerprint density at radius 2 is 1.07 bits per heavy atom. The number of methoxy groups -OCH3 is 2. The third-order valence-corrected chi connectivity index (χ3v) is 9.89. The molecular weight excluding hydrogens is 773 g/mol. The minimum Gasteiger partial charge on any atom is -0.453 e. The summed E-state index contributed by atoms with van der Waals surface area (Å²) in [6, 6.07) is 26.2. The van der Waals surface area contributed by atoms with Gasteiger partial charge in [0.2, 0.25) is 11.8 Å². The van der Waals surface area contributed by atoms with Crippen LogP contribution < -0.4 is 16.8 Å². The molecule has 6 aromatic rings. The SMILES string of the molecule is CC(C)CC(=O)NCCCCc1nc2ccc(-c3ccc4cc(-c5ccc6nc(CCCCN(C)C(=O)CC(C)C)[nH]c6c5)ccc4c3)cc2[nH]1.COC(N)=O.COC(N)=O. The molecule has 0 radical (unpaired) electrons. The first-order chi connectivity index (χ1) is 29.1. The number of hydrogen-bond acceptors (Lipinski definition) is 8. The van der Waals surface area contributed by atoms with E-state index < -0.39 is 12.2 Å². The van der Waals surface area contributed by atoms with Crippen molar-refractivity contribution < 1.29 is 28.7 Å². The number of nitrogens with two attached hydrogens (primary N) is 2. The van der Waals surface area contributed by atoms with Crippen LogP contribution in [0.2, 0.25) is 0 Å². The Labute approximate surface area is 358 Å². The van der Waals surface area contributed by atoms with Gasteiger partial charge in [0.15, 0.2) is 0 Å². The van der Waals surface area contributed by atoms with Crippen molar-refractivity contribution in [1.29, 1.82) is 0 Å². The zero-order valence-electron chi connectivity index (χ0n) is 36.6. The molecule has 326 valence electrons. The number of unbranched alkanes of at least 4 members (excludes halogenated alkanes) is 2. The van der Waals surface area contributed by atoms with Crippen LogP contribution in [0.3, 0.4) is 0 Å². The van der Waals surface area contributed by atoms with Crippen LogP contribution in [0.25, 0.3) is 55.1 Å². The van der Waals surface area contributed by atoms with E-state index in [9.17, 15) is 19.2 Å². The number of aryl methyl sites for hydroxylation is 2. The fraction of sp³-hybridized carbons (Fsp3) is 0.404. The lowest BCUT2D eigenvalue weighted by atomic mass is 9.97. The number of amides is 4. The standard InChI is InChI=1S/C43H52N6O2.2C2H5NO2/c1-28(2)22-42(50)44-20-8-6-10-40-45-36-18-16-34(26-38(36)47-40)32-14-12-31-25-33(15-13-30(31)24-32)35-17-19-37-39(27-35)48-41(46-37)11-7-9-21-49(5)43(51)23-29(3)4;2*1-5-2(3)4/h12-19,24-29H,6-11,20-23H2,1-5H3,(H,44,50)(H,45,47)(H,46,48);2*1H3,(H2,3,4). The van der Waals surface area contributed by atoms with Crippen LogP contribution in [-0.2, 0) is 31.9 Å². The third-order valence-electron chi connectivity index (χ3n) is 9.89. The van der Waals surface area contributed by atoms with Gasteiger partial charge in [-0.2, -0.15) is 0 Å².